The molecule has 72 valence electrons. The summed E-state index contributed by atoms with van der Waals surface area (Å²) in [6, 6.07) is 7.96. The van der Waals surface area contributed by atoms with Crippen molar-refractivity contribution < 1.29 is 4.84 Å². The topological polar surface area (TPSA) is 21.3 Å². The highest BCUT2D eigenvalue weighted by Gasteiger charge is 2.09. The molecular formula is C11H17NO. The van der Waals surface area contributed by atoms with Crippen LogP contribution in [0, 0.1) is 6.92 Å². The van der Waals surface area contributed by atoms with Crippen molar-refractivity contribution >= 4 is 0 Å². The molecule has 0 amide bonds. The maximum atomic E-state index is 5.38. The summed E-state index contributed by atoms with van der Waals surface area (Å²) < 4.78 is 0. The monoisotopic (exact) mass is 179 g/mol. The lowest BCUT2D eigenvalue weighted by atomic mass is 10.1. The minimum absolute atomic E-state index is 0.0229. The van der Waals surface area contributed by atoms with Gasteiger partial charge in [-0.15, -0.1) is 0 Å². The minimum Gasteiger partial charge on any atom is -0.408 e. The first-order valence-electron chi connectivity index (χ1n) is 4.48. The first-order valence-corrected chi connectivity index (χ1v) is 4.48. The van der Waals surface area contributed by atoms with Gasteiger partial charge in [-0.2, -0.15) is 5.48 Å². The van der Waals surface area contributed by atoms with E-state index in [9.17, 15) is 0 Å². The average molecular weight is 179 g/mol. The van der Waals surface area contributed by atoms with Crippen molar-refractivity contribution in [3.63, 3.8) is 0 Å². The summed E-state index contributed by atoms with van der Waals surface area (Å²) in [6.07, 6.45) is 0. The van der Waals surface area contributed by atoms with E-state index >= 15 is 0 Å². The Morgan fingerprint density at radius 2 is 1.62 bits per heavy atom. The van der Waals surface area contributed by atoms with E-state index < -0.39 is 0 Å². The van der Waals surface area contributed by atoms with Gasteiger partial charge in [-0.3, -0.25) is 0 Å². The first-order chi connectivity index (χ1) is 5.97. The van der Waals surface area contributed by atoms with Crippen LogP contribution >= 0.6 is 0 Å². The predicted octanol–water partition coefficient (Wildman–Crippen LogP) is 2.68. The van der Waals surface area contributed by atoms with Gasteiger partial charge in [-0.1, -0.05) is 17.7 Å². The fourth-order valence-corrected chi connectivity index (χ4v) is 0.818. The smallest absolute Gasteiger partial charge is 0.147 e. The van der Waals surface area contributed by atoms with E-state index in [-0.39, 0.29) is 5.54 Å². The lowest BCUT2D eigenvalue weighted by molar-refractivity contribution is 0.119. The van der Waals surface area contributed by atoms with Crippen LogP contribution in [0.25, 0.3) is 0 Å². The van der Waals surface area contributed by atoms with E-state index in [1.54, 1.807) is 0 Å². The summed E-state index contributed by atoms with van der Waals surface area (Å²) in [5.41, 5.74) is 4.17. The fourth-order valence-electron chi connectivity index (χ4n) is 0.818. The summed E-state index contributed by atoms with van der Waals surface area (Å²) >= 11 is 0. The number of hydrogen-bond acceptors (Lipinski definition) is 2. The Hall–Kier alpha value is -1.02. The van der Waals surface area contributed by atoms with Gasteiger partial charge in [0.2, 0.25) is 0 Å². The third-order valence-corrected chi connectivity index (χ3v) is 1.50. The van der Waals surface area contributed by atoms with Crippen LogP contribution in [0.5, 0.6) is 5.75 Å². The number of nitrogens with one attached hydrogen (secondary N) is 1. The Bertz CT molecular complexity index is 258. The Morgan fingerprint density at radius 1 is 1.08 bits per heavy atom. The predicted molar refractivity (Wildman–Crippen MR) is 54.7 cm³/mol. The van der Waals surface area contributed by atoms with Crippen molar-refractivity contribution in [2.24, 2.45) is 0 Å². The SMILES string of the molecule is Cc1ccc(ONC(C)(C)C)cc1. The molecule has 0 spiro atoms. The van der Waals surface area contributed by atoms with Crippen LogP contribution in [0.2, 0.25) is 0 Å². The molecule has 0 unspecified atom stereocenters. The number of benzene rings is 1. The third-order valence-electron chi connectivity index (χ3n) is 1.50. The molecule has 0 fully saturated rings. The molecule has 0 atom stereocenters. The van der Waals surface area contributed by atoms with Crippen molar-refractivity contribution in [3.05, 3.63) is 29.8 Å². The van der Waals surface area contributed by atoms with Crippen molar-refractivity contribution in [1.82, 2.24) is 5.48 Å². The quantitative estimate of drug-likeness (QED) is 0.705. The zero-order valence-electron chi connectivity index (χ0n) is 8.72. The largest absolute Gasteiger partial charge is 0.408 e. The Kier molecular flexibility index (Phi) is 2.94. The van der Waals surface area contributed by atoms with Gasteiger partial charge in [0, 0.05) is 5.54 Å². The number of rotatable bonds is 2. The van der Waals surface area contributed by atoms with Crippen LogP contribution in [0.4, 0.5) is 0 Å². The molecular weight excluding hydrogens is 162 g/mol. The van der Waals surface area contributed by atoms with Gasteiger partial charge < -0.3 is 4.84 Å². The van der Waals surface area contributed by atoms with E-state index in [0.29, 0.717) is 0 Å². The average Bonchev–Trinajstić information content (AvgIpc) is 2.02. The maximum Gasteiger partial charge on any atom is 0.147 e. The van der Waals surface area contributed by atoms with Gasteiger partial charge in [0.05, 0.1) is 0 Å². The van der Waals surface area contributed by atoms with E-state index in [1.807, 2.05) is 24.3 Å². The lowest BCUT2D eigenvalue weighted by Gasteiger charge is -2.20. The highest BCUT2D eigenvalue weighted by molar-refractivity contribution is 5.25. The van der Waals surface area contributed by atoms with Crippen LogP contribution in [-0.4, -0.2) is 5.54 Å². The number of aryl methyl sites for hydroxylation is 1. The second kappa shape index (κ2) is 3.79. The van der Waals surface area contributed by atoms with Crippen LogP contribution in [0.3, 0.4) is 0 Å². The number of hydroxylamine groups is 1. The van der Waals surface area contributed by atoms with E-state index in [2.05, 4.69) is 33.2 Å². The second-order valence-electron chi connectivity index (χ2n) is 4.27. The molecule has 2 heteroatoms. The van der Waals surface area contributed by atoms with Gasteiger partial charge in [0.25, 0.3) is 0 Å². The molecule has 1 N–H and O–H groups in total. The summed E-state index contributed by atoms with van der Waals surface area (Å²) in [5.74, 6) is 0.848. The molecule has 0 aromatic heterocycles. The van der Waals surface area contributed by atoms with Crippen LogP contribution < -0.4 is 10.3 Å². The zero-order chi connectivity index (χ0) is 9.90. The van der Waals surface area contributed by atoms with Crippen LogP contribution in [0.15, 0.2) is 24.3 Å². The third kappa shape index (κ3) is 3.95. The fraction of sp³-hybridized carbons (Fsp3) is 0.455. The second-order valence-corrected chi connectivity index (χ2v) is 4.27. The highest BCUT2D eigenvalue weighted by atomic mass is 16.6. The van der Waals surface area contributed by atoms with Gasteiger partial charge in [0.1, 0.15) is 5.75 Å². The van der Waals surface area contributed by atoms with Crippen molar-refractivity contribution in [3.8, 4) is 5.75 Å². The summed E-state index contributed by atoms with van der Waals surface area (Å²) in [4.78, 5) is 5.38. The molecule has 0 saturated carbocycles. The molecule has 0 radical (unpaired) electrons. The van der Waals surface area contributed by atoms with Crippen molar-refractivity contribution in [2.75, 3.05) is 0 Å². The zero-order valence-corrected chi connectivity index (χ0v) is 8.72. The standard InChI is InChI=1S/C11H17NO/c1-9-5-7-10(8-6-9)13-12-11(2,3)4/h5-8,12H,1-4H3. The molecule has 2 nitrogen and oxygen atoms in total. The molecule has 13 heavy (non-hydrogen) atoms. The van der Waals surface area contributed by atoms with Gasteiger partial charge >= 0.3 is 0 Å². The Balaban J connectivity index is 2.51. The minimum atomic E-state index is -0.0229. The molecule has 0 aliphatic rings. The van der Waals surface area contributed by atoms with Gasteiger partial charge in [0.15, 0.2) is 0 Å². The van der Waals surface area contributed by atoms with Crippen LogP contribution in [0.1, 0.15) is 26.3 Å². The molecule has 1 rings (SSSR count). The summed E-state index contributed by atoms with van der Waals surface area (Å²) in [6.45, 7) is 8.23. The van der Waals surface area contributed by atoms with Gasteiger partial charge in [-0.05, 0) is 39.8 Å². The maximum absolute atomic E-state index is 5.38. The number of hydrogen-bond donors (Lipinski definition) is 1. The van der Waals surface area contributed by atoms with Crippen LogP contribution in [-0.2, 0) is 0 Å². The molecule has 0 aliphatic carbocycles. The summed E-state index contributed by atoms with van der Waals surface area (Å²) in [5, 5.41) is 0. The van der Waals surface area contributed by atoms with E-state index in [1.165, 1.54) is 5.56 Å². The normalized spacial score (nSPS) is 11.4. The van der Waals surface area contributed by atoms with Crippen molar-refractivity contribution in [1.29, 1.82) is 0 Å². The van der Waals surface area contributed by atoms with E-state index in [4.69, 9.17) is 4.84 Å². The summed E-state index contributed by atoms with van der Waals surface area (Å²) in [7, 11) is 0. The Labute approximate surface area is 79.9 Å². The molecule has 0 bridgehead atoms. The first kappa shape index (κ1) is 10.1. The highest BCUT2D eigenvalue weighted by Crippen LogP contribution is 2.11. The van der Waals surface area contributed by atoms with Gasteiger partial charge in [-0.25, -0.2) is 0 Å². The molecule has 1 aromatic carbocycles. The molecule has 1 aromatic rings. The van der Waals surface area contributed by atoms with Crippen molar-refractivity contribution in [2.45, 2.75) is 33.2 Å². The molecule has 0 aliphatic heterocycles. The molecule has 0 saturated heterocycles. The Morgan fingerprint density at radius 3 is 2.08 bits per heavy atom. The molecule has 0 heterocycles. The van der Waals surface area contributed by atoms with E-state index in [0.717, 1.165) is 5.75 Å². The lowest BCUT2D eigenvalue weighted by Crippen LogP contribution is -2.38.